The number of amides is 1. The Morgan fingerprint density at radius 2 is 1.74 bits per heavy atom. The summed E-state index contributed by atoms with van der Waals surface area (Å²) in [6.45, 7) is 7.67. The molecule has 0 aliphatic heterocycles. The summed E-state index contributed by atoms with van der Waals surface area (Å²) in [6, 6.07) is 6.11. The Bertz CT molecular complexity index is 459. The van der Waals surface area contributed by atoms with Crippen LogP contribution in [0.2, 0.25) is 0 Å². The normalized spacial score (nSPS) is 10.9. The minimum Gasteiger partial charge on any atom is -0.478 e. The Kier molecular flexibility index (Phi) is 4.53. The SMILES string of the molecule is CCN(C(=O)OC(C)(C)C)c1ccc(C(=O)O)cc1. The fourth-order valence-corrected chi connectivity index (χ4v) is 1.52. The predicted octanol–water partition coefficient (Wildman–Crippen LogP) is 3.15. The van der Waals surface area contributed by atoms with Gasteiger partial charge in [-0.25, -0.2) is 9.59 Å². The zero-order valence-electron chi connectivity index (χ0n) is 11.6. The predicted molar refractivity (Wildman–Crippen MR) is 72.7 cm³/mol. The molecule has 5 nitrogen and oxygen atoms in total. The summed E-state index contributed by atoms with van der Waals surface area (Å²) in [5.41, 5.74) is 0.233. The van der Waals surface area contributed by atoms with Gasteiger partial charge in [-0.3, -0.25) is 4.90 Å². The molecule has 0 unspecified atom stereocenters. The number of aromatic carboxylic acids is 1. The van der Waals surface area contributed by atoms with Crippen molar-refractivity contribution in [3.63, 3.8) is 0 Å². The van der Waals surface area contributed by atoms with Crippen molar-refractivity contribution in [2.75, 3.05) is 11.4 Å². The average Bonchev–Trinajstić information content (AvgIpc) is 2.28. The van der Waals surface area contributed by atoms with Crippen LogP contribution < -0.4 is 4.90 Å². The molecule has 0 atom stereocenters. The largest absolute Gasteiger partial charge is 0.478 e. The number of ether oxygens (including phenoxy) is 1. The standard InChI is InChI=1S/C14H19NO4/c1-5-15(13(18)19-14(2,3)4)11-8-6-10(7-9-11)12(16)17/h6-9H,5H2,1-4H3,(H,16,17). The number of carbonyl (C=O) groups excluding carboxylic acids is 1. The van der Waals surface area contributed by atoms with Gasteiger partial charge in [0.25, 0.3) is 0 Å². The Morgan fingerprint density at radius 3 is 2.11 bits per heavy atom. The van der Waals surface area contributed by atoms with E-state index in [1.165, 1.54) is 17.0 Å². The van der Waals surface area contributed by atoms with E-state index in [1.54, 1.807) is 32.9 Å². The van der Waals surface area contributed by atoms with Crippen molar-refractivity contribution >= 4 is 17.7 Å². The lowest BCUT2D eigenvalue weighted by molar-refractivity contribution is 0.0581. The van der Waals surface area contributed by atoms with Crippen LogP contribution in [-0.4, -0.2) is 29.3 Å². The highest BCUT2D eigenvalue weighted by atomic mass is 16.6. The first kappa shape index (κ1) is 15.0. The summed E-state index contributed by atoms with van der Waals surface area (Å²) in [5.74, 6) is -0.994. The van der Waals surface area contributed by atoms with Crippen LogP contribution in [0.3, 0.4) is 0 Å². The van der Waals surface area contributed by atoms with E-state index in [1.807, 2.05) is 6.92 Å². The molecule has 0 fully saturated rings. The number of benzene rings is 1. The fourth-order valence-electron chi connectivity index (χ4n) is 1.52. The van der Waals surface area contributed by atoms with E-state index in [-0.39, 0.29) is 5.56 Å². The Balaban J connectivity index is 2.91. The van der Waals surface area contributed by atoms with Gasteiger partial charge >= 0.3 is 12.1 Å². The quantitative estimate of drug-likeness (QED) is 0.911. The van der Waals surface area contributed by atoms with Gasteiger partial charge in [-0.1, -0.05) is 0 Å². The van der Waals surface area contributed by atoms with Gasteiger partial charge in [0, 0.05) is 12.2 Å². The van der Waals surface area contributed by atoms with Crippen LogP contribution in [0.25, 0.3) is 0 Å². The molecule has 0 aliphatic rings. The lowest BCUT2D eigenvalue weighted by Gasteiger charge is -2.26. The van der Waals surface area contributed by atoms with E-state index in [2.05, 4.69) is 0 Å². The van der Waals surface area contributed by atoms with Crippen LogP contribution in [0.5, 0.6) is 0 Å². The number of anilines is 1. The molecule has 19 heavy (non-hydrogen) atoms. The van der Waals surface area contributed by atoms with Gasteiger partial charge in [-0.2, -0.15) is 0 Å². The van der Waals surface area contributed by atoms with Gasteiger partial charge in [0.15, 0.2) is 0 Å². The summed E-state index contributed by atoms with van der Waals surface area (Å²) in [6.07, 6.45) is -0.446. The summed E-state index contributed by atoms with van der Waals surface area (Å²) in [7, 11) is 0. The topological polar surface area (TPSA) is 66.8 Å². The molecule has 0 radical (unpaired) electrons. The van der Waals surface area contributed by atoms with Crippen molar-refractivity contribution in [3.05, 3.63) is 29.8 Å². The molecule has 1 aromatic carbocycles. The molecule has 0 saturated carbocycles. The van der Waals surface area contributed by atoms with E-state index < -0.39 is 17.7 Å². The van der Waals surface area contributed by atoms with E-state index in [4.69, 9.17) is 9.84 Å². The van der Waals surface area contributed by atoms with Gasteiger partial charge in [0.1, 0.15) is 5.60 Å². The van der Waals surface area contributed by atoms with E-state index >= 15 is 0 Å². The van der Waals surface area contributed by atoms with Crippen LogP contribution >= 0.6 is 0 Å². The first-order valence-electron chi connectivity index (χ1n) is 6.08. The fraction of sp³-hybridized carbons (Fsp3) is 0.429. The number of carboxylic acids is 1. The first-order chi connectivity index (χ1) is 8.74. The van der Waals surface area contributed by atoms with Gasteiger partial charge in [0.2, 0.25) is 0 Å². The van der Waals surface area contributed by atoms with Crippen LogP contribution in [0.15, 0.2) is 24.3 Å². The van der Waals surface area contributed by atoms with Gasteiger partial charge in [0.05, 0.1) is 5.56 Å². The molecule has 0 bridgehead atoms. The van der Waals surface area contributed by atoms with Gasteiger partial charge in [-0.05, 0) is 52.0 Å². The summed E-state index contributed by atoms with van der Waals surface area (Å²) >= 11 is 0. The molecule has 0 aromatic heterocycles. The highest BCUT2D eigenvalue weighted by Crippen LogP contribution is 2.18. The summed E-state index contributed by atoms with van der Waals surface area (Å²) < 4.78 is 5.29. The smallest absolute Gasteiger partial charge is 0.414 e. The zero-order chi connectivity index (χ0) is 14.6. The third-order valence-electron chi connectivity index (χ3n) is 2.36. The third kappa shape index (κ3) is 4.28. The third-order valence-corrected chi connectivity index (χ3v) is 2.36. The van der Waals surface area contributed by atoms with Gasteiger partial charge in [-0.15, -0.1) is 0 Å². The lowest BCUT2D eigenvalue weighted by atomic mass is 10.2. The van der Waals surface area contributed by atoms with Crippen molar-refractivity contribution in [2.45, 2.75) is 33.3 Å². The lowest BCUT2D eigenvalue weighted by Crippen LogP contribution is -2.36. The minimum absolute atomic E-state index is 0.184. The second-order valence-corrected chi connectivity index (χ2v) is 5.08. The summed E-state index contributed by atoms with van der Waals surface area (Å²) in [5, 5.41) is 8.83. The van der Waals surface area contributed by atoms with Crippen molar-refractivity contribution in [1.29, 1.82) is 0 Å². The number of carboxylic acid groups (broad SMARTS) is 1. The van der Waals surface area contributed by atoms with Gasteiger partial charge < -0.3 is 9.84 Å². The second-order valence-electron chi connectivity index (χ2n) is 5.08. The van der Waals surface area contributed by atoms with Crippen LogP contribution in [0.4, 0.5) is 10.5 Å². The monoisotopic (exact) mass is 265 g/mol. The van der Waals surface area contributed by atoms with E-state index in [9.17, 15) is 9.59 Å². The number of hydrogen-bond acceptors (Lipinski definition) is 3. The second kappa shape index (κ2) is 5.73. The molecule has 104 valence electrons. The van der Waals surface area contributed by atoms with Crippen LogP contribution in [0.1, 0.15) is 38.1 Å². The van der Waals surface area contributed by atoms with Crippen LogP contribution in [-0.2, 0) is 4.74 Å². The minimum atomic E-state index is -0.994. The average molecular weight is 265 g/mol. The highest BCUT2D eigenvalue weighted by Gasteiger charge is 2.22. The molecule has 1 aromatic rings. The Hall–Kier alpha value is -2.04. The zero-order valence-corrected chi connectivity index (χ0v) is 11.6. The highest BCUT2D eigenvalue weighted by molar-refractivity contribution is 5.91. The number of carbonyl (C=O) groups is 2. The molecule has 0 spiro atoms. The number of rotatable bonds is 3. The van der Waals surface area contributed by atoms with Crippen molar-refractivity contribution in [3.8, 4) is 0 Å². The van der Waals surface area contributed by atoms with E-state index in [0.29, 0.717) is 12.2 Å². The molecule has 0 heterocycles. The first-order valence-corrected chi connectivity index (χ1v) is 6.08. The molecule has 1 rings (SSSR count). The maximum atomic E-state index is 12.0. The molecule has 0 saturated heterocycles. The molecule has 5 heteroatoms. The maximum Gasteiger partial charge on any atom is 0.414 e. The van der Waals surface area contributed by atoms with E-state index in [0.717, 1.165) is 0 Å². The molecular formula is C14H19NO4. The Morgan fingerprint density at radius 1 is 1.21 bits per heavy atom. The molecular weight excluding hydrogens is 246 g/mol. The molecule has 1 amide bonds. The van der Waals surface area contributed by atoms with Crippen molar-refractivity contribution < 1.29 is 19.4 Å². The molecule has 1 N–H and O–H groups in total. The van der Waals surface area contributed by atoms with Crippen LogP contribution in [0, 0.1) is 0 Å². The number of hydrogen-bond donors (Lipinski definition) is 1. The summed E-state index contributed by atoms with van der Waals surface area (Å²) in [4.78, 5) is 24.2. The molecule has 0 aliphatic carbocycles. The number of nitrogens with zero attached hydrogens (tertiary/aromatic N) is 1. The Labute approximate surface area is 112 Å². The maximum absolute atomic E-state index is 12.0. The van der Waals surface area contributed by atoms with Crippen molar-refractivity contribution in [2.24, 2.45) is 0 Å². The van der Waals surface area contributed by atoms with Crippen molar-refractivity contribution in [1.82, 2.24) is 0 Å².